The van der Waals surface area contributed by atoms with Crippen LogP contribution in [0.25, 0.3) is 10.1 Å². The lowest BCUT2D eigenvalue weighted by Gasteiger charge is -2.11. The van der Waals surface area contributed by atoms with Crippen LogP contribution in [0.3, 0.4) is 0 Å². The summed E-state index contributed by atoms with van der Waals surface area (Å²) in [5.41, 5.74) is 5.13. The Bertz CT molecular complexity index is 1160. The fraction of sp³-hybridized carbons (Fsp3) is 0.143. The number of hydrogen-bond donors (Lipinski definition) is 3. The van der Waals surface area contributed by atoms with E-state index in [4.69, 9.17) is 33.3 Å². The summed E-state index contributed by atoms with van der Waals surface area (Å²) in [6.07, 6.45) is 0. The van der Waals surface area contributed by atoms with E-state index in [1.54, 1.807) is 19.1 Å². The summed E-state index contributed by atoms with van der Waals surface area (Å²) in [5.74, 6) is -1.06. The summed E-state index contributed by atoms with van der Waals surface area (Å²) in [7, 11) is 0. The lowest BCUT2D eigenvalue weighted by atomic mass is 10.2. The number of esters is 1. The van der Waals surface area contributed by atoms with Crippen molar-refractivity contribution in [2.24, 2.45) is 0 Å². The molecule has 0 aliphatic carbocycles. The number of hydrazine groups is 1. The zero-order valence-electron chi connectivity index (χ0n) is 16.8. The molecule has 3 N–H and O–H groups in total. The second-order valence-electron chi connectivity index (χ2n) is 6.23. The summed E-state index contributed by atoms with van der Waals surface area (Å²) in [5, 5.41) is 3.49. The van der Waals surface area contributed by atoms with Gasteiger partial charge in [0.2, 0.25) is 0 Å². The van der Waals surface area contributed by atoms with Gasteiger partial charge in [0.05, 0.1) is 17.2 Å². The third kappa shape index (κ3) is 5.94. The van der Waals surface area contributed by atoms with Crippen LogP contribution in [0.15, 0.2) is 48.5 Å². The number of rotatable bonds is 6. The Morgan fingerprint density at radius 1 is 1.06 bits per heavy atom. The Morgan fingerprint density at radius 2 is 1.78 bits per heavy atom. The molecule has 0 unspecified atom stereocenters. The van der Waals surface area contributed by atoms with Crippen LogP contribution in [0, 0.1) is 0 Å². The highest BCUT2D eigenvalue weighted by Crippen LogP contribution is 2.34. The molecule has 0 bridgehead atoms. The predicted molar refractivity (Wildman–Crippen MR) is 126 cm³/mol. The molecule has 0 aliphatic heterocycles. The minimum atomic E-state index is -0.532. The monoisotopic (exact) mass is 491 g/mol. The van der Waals surface area contributed by atoms with Crippen molar-refractivity contribution in [2.75, 3.05) is 13.2 Å². The lowest BCUT2D eigenvalue weighted by Crippen LogP contribution is -2.49. The summed E-state index contributed by atoms with van der Waals surface area (Å²) in [4.78, 5) is 36.3. The predicted octanol–water partition coefficient (Wildman–Crippen LogP) is 3.45. The third-order valence-corrected chi connectivity index (χ3v) is 5.90. The van der Waals surface area contributed by atoms with Crippen molar-refractivity contribution in [1.29, 1.82) is 0 Å². The first-order valence-corrected chi connectivity index (χ1v) is 11.0. The average molecular weight is 492 g/mol. The zero-order chi connectivity index (χ0) is 23.1. The number of carbonyl (C=O) groups excluding carboxylic acids is 3. The summed E-state index contributed by atoms with van der Waals surface area (Å²) in [6, 6.07) is 13.5. The molecule has 1 aromatic heterocycles. The van der Waals surface area contributed by atoms with E-state index in [2.05, 4.69) is 16.2 Å². The van der Waals surface area contributed by atoms with Crippen molar-refractivity contribution >= 4 is 68.1 Å². The molecule has 11 heteroatoms. The maximum absolute atomic E-state index is 12.4. The Balaban J connectivity index is 1.44. The number of thiophene rings is 1. The molecule has 0 saturated heterocycles. The lowest BCUT2D eigenvalue weighted by molar-refractivity contribution is -0.123. The van der Waals surface area contributed by atoms with Crippen LogP contribution in [0.5, 0.6) is 5.75 Å². The Morgan fingerprint density at radius 3 is 2.47 bits per heavy atom. The first-order valence-electron chi connectivity index (χ1n) is 9.36. The molecule has 0 atom stereocenters. The number of carbonyl (C=O) groups is 3. The molecule has 2 amide bonds. The van der Waals surface area contributed by atoms with Gasteiger partial charge >= 0.3 is 5.97 Å². The van der Waals surface area contributed by atoms with Crippen LogP contribution < -0.4 is 20.9 Å². The molecule has 2 aromatic carbocycles. The maximum atomic E-state index is 12.4. The second kappa shape index (κ2) is 10.9. The van der Waals surface area contributed by atoms with Crippen LogP contribution in [0.2, 0.25) is 5.02 Å². The number of nitrogens with one attached hydrogen (secondary N) is 3. The smallest absolute Gasteiger partial charge is 0.338 e. The van der Waals surface area contributed by atoms with E-state index < -0.39 is 17.8 Å². The minimum absolute atomic E-state index is 0.101. The molecule has 0 saturated carbocycles. The molecule has 32 heavy (non-hydrogen) atoms. The van der Waals surface area contributed by atoms with Gasteiger partial charge in [-0.1, -0.05) is 29.8 Å². The molecule has 0 aliphatic rings. The van der Waals surface area contributed by atoms with Gasteiger partial charge in [0.15, 0.2) is 11.7 Å². The highest BCUT2D eigenvalue weighted by Gasteiger charge is 2.18. The SMILES string of the molecule is CCOC(=O)c1ccc(OCC(=O)NNC(=S)NC(=O)c2sc3ccccc3c2Cl)cc1. The number of halogens is 1. The van der Waals surface area contributed by atoms with E-state index in [-0.39, 0.29) is 18.3 Å². The van der Waals surface area contributed by atoms with Gasteiger partial charge in [-0.15, -0.1) is 11.3 Å². The molecular weight excluding hydrogens is 474 g/mol. The first-order chi connectivity index (χ1) is 15.4. The standard InChI is InChI=1S/C21H18ClN3O5S2/c1-2-29-20(28)12-7-9-13(10-8-12)30-11-16(26)24-25-21(31)23-19(27)18-17(22)14-5-3-4-6-15(14)32-18/h3-10H,2,11H2,1H3,(H,24,26)(H2,23,25,27,31). The van der Waals surface area contributed by atoms with Crippen LogP contribution in [-0.2, 0) is 9.53 Å². The van der Waals surface area contributed by atoms with Gasteiger partial charge in [0, 0.05) is 10.1 Å². The summed E-state index contributed by atoms with van der Waals surface area (Å²) in [6.45, 7) is 1.69. The average Bonchev–Trinajstić information content (AvgIpc) is 3.13. The van der Waals surface area contributed by atoms with Crippen molar-refractivity contribution in [1.82, 2.24) is 16.2 Å². The summed E-state index contributed by atoms with van der Waals surface area (Å²) < 4.78 is 11.1. The number of amides is 2. The van der Waals surface area contributed by atoms with Crippen molar-refractivity contribution in [2.45, 2.75) is 6.92 Å². The number of hydrogen-bond acceptors (Lipinski definition) is 7. The molecule has 3 aromatic rings. The van der Waals surface area contributed by atoms with E-state index in [1.165, 1.54) is 23.5 Å². The molecule has 1 heterocycles. The van der Waals surface area contributed by atoms with E-state index >= 15 is 0 Å². The van der Waals surface area contributed by atoms with Gasteiger partial charge in [0.25, 0.3) is 11.8 Å². The Kier molecular flexibility index (Phi) is 7.98. The highest BCUT2D eigenvalue weighted by atomic mass is 35.5. The third-order valence-electron chi connectivity index (χ3n) is 4.02. The Hall–Kier alpha value is -3.21. The van der Waals surface area contributed by atoms with Gasteiger partial charge < -0.3 is 9.47 Å². The minimum Gasteiger partial charge on any atom is -0.484 e. The number of benzene rings is 2. The molecule has 0 radical (unpaired) electrons. The molecule has 8 nitrogen and oxygen atoms in total. The second-order valence-corrected chi connectivity index (χ2v) is 8.07. The fourth-order valence-corrected chi connectivity index (χ4v) is 4.12. The first kappa shape index (κ1) is 23.5. The van der Waals surface area contributed by atoms with Gasteiger partial charge in [-0.3, -0.25) is 25.8 Å². The Labute approximate surface area is 197 Å². The fourth-order valence-electron chi connectivity index (χ4n) is 2.56. The molecule has 0 fully saturated rings. The van der Waals surface area contributed by atoms with Gasteiger partial charge in [0.1, 0.15) is 10.6 Å². The van der Waals surface area contributed by atoms with Gasteiger partial charge in [-0.25, -0.2) is 4.79 Å². The van der Waals surface area contributed by atoms with Crippen LogP contribution in [0.1, 0.15) is 27.0 Å². The van der Waals surface area contributed by atoms with Gasteiger partial charge in [-0.2, -0.15) is 0 Å². The van der Waals surface area contributed by atoms with Crippen molar-refractivity contribution in [3.05, 3.63) is 64.0 Å². The van der Waals surface area contributed by atoms with E-state index in [1.807, 2.05) is 24.3 Å². The van der Waals surface area contributed by atoms with Crippen molar-refractivity contribution < 1.29 is 23.9 Å². The van der Waals surface area contributed by atoms with E-state index in [9.17, 15) is 14.4 Å². The van der Waals surface area contributed by atoms with Crippen LogP contribution in [0.4, 0.5) is 0 Å². The van der Waals surface area contributed by atoms with Crippen molar-refractivity contribution in [3.8, 4) is 5.75 Å². The number of thiocarbonyl (C=S) groups is 1. The molecule has 166 valence electrons. The molecule has 3 rings (SSSR count). The molecule has 0 spiro atoms. The maximum Gasteiger partial charge on any atom is 0.338 e. The van der Waals surface area contributed by atoms with Crippen LogP contribution in [-0.4, -0.2) is 36.1 Å². The van der Waals surface area contributed by atoms with Crippen LogP contribution >= 0.6 is 35.2 Å². The summed E-state index contributed by atoms with van der Waals surface area (Å²) >= 11 is 12.6. The van der Waals surface area contributed by atoms with E-state index in [0.717, 1.165) is 10.1 Å². The molecular formula is C21H18ClN3O5S2. The number of fused-ring (bicyclic) bond motifs is 1. The normalized spacial score (nSPS) is 10.3. The van der Waals surface area contributed by atoms with Crippen molar-refractivity contribution in [3.63, 3.8) is 0 Å². The zero-order valence-corrected chi connectivity index (χ0v) is 19.2. The number of ether oxygens (including phenoxy) is 2. The highest BCUT2D eigenvalue weighted by molar-refractivity contribution is 7.80. The van der Waals surface area contributed by atoms with Gasteiger partial charge in [-0.05, 0) is 49.5 Å². The quantitative estimate of drug-likeness (QED) is 0.275. The topological polar surface area (TPSA) is 106 Å². The van der Waals surface area contributed by atoms with E-state index in [0.29, 0.717) is 21.2 Å². The largest absolute Gasteiger partial charge is 0.484 e.